The summed E-state index contributed by atoms with van der Waals surface area (Å²) in [7, 11) is 3.63. The summed E-state index contributed by atoms with van der Waals surface area (Å²) in [6, 6.07) is 15.2. The molecule has 4 aromatic rings. The number of rotatable bonds is 14. The number of carbonyl (C=O) groups excluding carboxylic acids is 2. The van der Waals surface area contributed by atoms with Crippen LogP contribution in [0.25, 0.3) is 16.6 Å². The van der Waals surface area contributed by atoms with Crippen molar-refractivity contribution in [2.24, 2.45) is 0 Å². The van der Waals surface area contributed by atoms with Crippen LogP contribution in [-0.4, -0.2) is 77.3 Å². The van der Waals surface area contributed by atoms with Crippen LogP contribution >= 0.6 is 0 Å². The number of hydrogen-bond donors (Lipinski definition) is 1. The van der Waals surface area contributed by atoms with Crippen molar-refractivity contribution in [3.05, 3.63) is 99.9 Å². The van der Waals surface area contributed by atoms with E-state index in [1.807, 2.05) is 25.9 Å². The summed E-state index contributed by atoms with van der Waals surface area (Å²) in [5.41, 5.74) is -1.63. The van der Waals surface area contributed by atoms with Crippen LogP contribution in [0.3, 0.4) is 0 Å². The Kier molecular flexibility index (Phi) is 13.0. The quantitative estimate of drug-likeness (QED) is 0.111. The molecule has 0 saturated heterocycles. The van der Waals surface area contributed by atoms with Gasteiger partial charge in [0, 0.05) is 19.6 Å². The molecule has 14 heteroatoms. The average Bonchev–Trinajstić information content (AvgIpc) is 3.05. The van der Waals surface area contributed by atoms with E-state index in [4.69, 9.17) is 14.5 Å². The van der Waals surface area contributed by atoms with Crippen molar-refractivity contribution in [3.8, 4) is 11.4 Å². The van der Waals surface area contributed by atoms with Gasteiger partial charge < -0.3 is 24.6 Å². The van der Waals surface area contributed by atoms with Crippen molar-refractivity contribution < 1.29 is 36.6 Å². The molecule has 1 N–H and O–H groups in total. The summed E-state index contributed by atoms with van der Waals surface area (Å²) < 4.78 is 66.9. The lowest BCUT2D eigenvalue weighted by molar-refractivity contribution is -0.140. The largest absolute Gasteiger partial charge is 0.494 e. The number of likely N-dealkylation sites (N-methyl/N-ethyl adjacent to an activating group) is 1. The Labute approximate surface area is 300 Å². The van der Waals surface area contributed by atoms with E-state index in [1.54, 1.807) is 69.3 Å². The fourth-order valence-electron chi connectivity index (χ4n) is 5.64. The monoisotopic (exact) mass is 727 g/mol. The van der Waals surface area contributed by atoms with Crippen molar-refractivity contribution in [1.29, 1.82) is 0 Å². The lowest BCUT2D eigenvalue weighted by Gasteiger charge is -2.34. The van der Waals surface area contributed by atoms with Gasteiger partial charge in [0.2, 0.25) is 5.91 Å². The van der Waals surface area contributed by atoms with Gasteiger partial charge in [0.15, 0.2) is 0 Å². The molecule has 0 fully saturated rings. The van der Waals surface area contributed by atoms with Crippen LogP contribution in [0.5, 0.6) is 5.75 Å². The second-order valence-electron chi connectivity index (χ2n) is 13.5. The fraction of sp³-hybridized carbons (Fsp3) is 0.421. The molecule has 1 unspecified atom stereocenters. The maximum Gasteiger partial charge on any atom is 0.419 e. The third kappa shape index (κ3) is 10.5. The van der Waals surface area contributed by atoms with E-state index in [-0.39, 0.29) is 36.5 Å². The molecule has 0 aliphatic heterocycles. The number of nitrogens with zero attached hydrogens (tertiary/aromatic N) is 4. The summed E-state index contributed by atoms with van der Waals surface area (Å²) in [6.07, 6.45) is -5.41. The lowest BCUT2D eigenvalue weighted by Crippen LogP contribution is -2.43. The molecule has 0 aliphatic carbocycles. The number of carbonyl (C=O) groups is 2. The van der Waals surface area contributed by atoms with Gasteiger partial charge in [0.1, 0.15) is 23.0 Å². The first-order valence-corrected chi connectivity index (χ1v) is 17.0. The molecule has 10 nitrogen and oxygen atoms in total. The average molecular weight is 728 g/mol. The molecule has 0 radical (unpaired) electrons. The second kappa shape index (κ2) is 17.0. The number of alkyl carbamates (subject to hydrolysis) is 1. The van der Waals surface area contributed by atoms with Crippen molar-refractivity contribution in [2.45, 2.75) is 64.8 Å². The van der Waals surface area contributed by atoms with E-state index >= 15 is 0 Å². The van der Waals surface area contributed by atoms with Gasteiger partial charge >= 0.3 is 12.3 Å². The number of benzene rings is 3. The molecule has 2 amide bonds. The first-order chi connectivity index (χ1) is 24.5. The highest BCUT2D eigenvalue weighted by molar-refractivity contribution is 5.80. The molecule has 52 heavy (non-hydrogen) atoms. The van der Waals surface area contributed by atoms with Crippen LogP contribution < -0.4 is 15.6 Å². The SMILES string of the molecule is CCOc1ccc(-n2c(C(CCCNC(=O)OC(C)(C)C)N(CCN(C)C)C(=O)Cc3ccc(C(F)(F)F)c(F)c3)nc3ccccc3c2=O)cc1. The van der Waals surface area contributed by atoms with E-state index in [0.717, 1.165) is 12.1 Å². The number of fused-ring (bicyclic) bond motifs is 1. The Balaban J connectivity index is 1.84. The summed E-state index contributed by atoms with van der Waals surface area (Å²) in [5.74, 6) is -1.18. The molecule has 1 atom stereocenters. The minimum Gasteiger partial charge on any atom is -0.494 e. The Morgan fingerprint density at radius 3 is 2.29 bits per heavy atom. The molecular formula is C38H45F4N5O5. The molecule has 1 aromatic heterocycles. The third-order valence-electron chi connectivity index (χ3n) is 8.01. The van der Waals surface area contributed by atoms with Gasteiger partial charge in [0.05, 0.1) is 41.2 Å². The van der Waals surface area contributed by atoms with Gasteiger partial charge in [0.25, 0.3) is 5.56 Å². The molecule has 280 valence electrons. The highest BCUT2D eigenvalue weighted by atomic mass is 19.4. The van der Waals surface area contributed by atoms with Crippen LogP contribution in [0.1, 0.15) is 63.5 Å². The van der Waals surface area contributed by atoms with E-state index < -0.39 is 47.6 Å². The molecule has 0 spiro atoms. The highest BCUT2D eigenvalue weighted by Gasteiger charge is 2.35. The lowest BCUT2D eigenvalue weighted by atomic mass is 10.0. The topological polar surface area (TPSA) is 106 Å². The Hall–Kier alpha value is -4.98. The van der Waals surface area contributed by atoms with Crippen molar-refractivity contribution >= 4 is 22.9 Å². The van der Waals surface area contributed by atoms with Gasteiger partial charge in [-0.25, -0.2) is 14.2 Å². The predicted octanol–water partition coefficient (Wildman–Crippen LogP) is 6.92. The summed E-state index contributed by atoms with van der Waals surface area (Å²) >= 11 is 0. The van der Waals surface area contributed by atoms with Gasteiger partial charge in [-0.2, -0.15) is 13.2 Å². The summed E-state index contributed by atoms with van der Waals surface area (Å²) in [4.78, 5) is 49.3. The molecule has 4 rings (SSSR count). The van der Waals surface area contributed by atoms with E-state index in [2.05, 4.69) is 5.32 Å². The molecule has 3 aromatic carbocycles. The fourth-order valence-corrected chi connectivity index (χ4v) is 5.64. The smallest absolute Gasteiger partial charge is 0.419 e. The zero-order valence-corrected chi connectivity index (χ0v) is 30.2. The normalized spacial score (nSPS) is 12.5. The van der Waals surface area contributed by atoms with Crippen molar-refractivity contribution in [3.63, 3.8) is 0 Å². The number of alkyl halides is 3. The maximum absolute atomic E-state index is 14.6. The van der Waals surface area contributed by atoms with Crippen molar-refractivity contribution in [1.82, 2.24) is 24.7 Å². The van der Waals surface area contributed by atoms with E-state index in [0.29, 0.717) is 48.0 Å². The third-order valence-corrected chi connectivity index (χ3v) is 8.01. The standard InChI is InChI=1S/C38H45F4N5O5/c1-7-51-27-17-15-26(16-18-27)47-34(44-31-12-9-8-11-28(31)35(47)49)32(13-10-20-43-36(50)52-37(2,3)4)46(22-21-45(5)6)33(48)24-25-14-19-29(30(39)23-25)38(40,41)42/h8-9,11-12,14-19,23,32H,7,10,13,20-22,24H2,1-6H3,(H,43,50). The van der Waals surface area contributed by atoms with E-state index in [1.165, 1.54) is 9.47 Å². The number of halogens is 4. The number of aromatic nitrogens is 2. The molecule has 1 heterocycles. The number of amides is 2. The number of para-hydroxylation sites is 1. The zero-order chi connectivity index (χ0) is 38.2. The Bertz CT molecular complexity index is 1910. The Morgan fingerprint density at radius 2 is 1.67 bits per heavy atom. The Morgan fingerprint density at radius 1 is 0.981 bits per heavy atom. The zero-order valence-electron chi connectivity index (χ0n) is 30.2. The second-order valence-corrected chi connectivity index (χ2v) is 13.5. The van der Waals surface area contributed by atoms with Crippen molar-refractivity contribution in [2.75, 3.05) is 40.3 Å². The van der Waals surface area contributed by atoms with Gasteiger partial charge in [-0.1, -0.05) is 18.2 Å². The minimum atomic E-state index is -4.89. The van der Waals surface area contributed by atoms with Crippen LogP contribution in [0, 0.1) is 5.82 Å². The molecular weight excluding hydrogens is 682 g/mol. The first kappa shape index (κ1) is 39.8. The predicted molar refractivity (Wildman–Crippen MR) is 190 cm³/mol. The van der Waals surface area contributed by atoms with Gasteiger partial charge in [-0.15, -0.1) is 0 Å². The summed E-state index contributed by atoms with van der Waals surface area (Å²) in [6.45, 7) is 8.18. The molecule has 0 saturated carbocycles. The first-order valence-electron chi connectivity index (χ1n) is 17.0. The van der Waals surface area contributed by atoms with Gasteiger partial charge in [-0.05, 0) is 109 Å². The maximum atomic E-state index is 14.6. The summed E-state index contributed by atoms with van der Waals surface area (Å²) in [5, 5.41) is 3.07. The van der Waals surface area contributed by atoms with Crippen LogP contribution in [0.2, 0.25) is 0 Å². The number of hydrogen-bond acceptors (Lipinski definition) is 7. The number of nitrogens with one attached hydrogen (secondary N) is 1. The van der Waals surface area contributed by atoms with Gasteiger partial charge in [-0.3, -0.25) is 14.2 Å². The molecule has 0 aliphatic rings. The molecule has 0 bridgehead atoms. The highest BCUT2D eigenvalue weighted by Crippen LogP contribution is 2.33. The minimum absolute atomic E-state index is 0.0473. The van der Waals surface area contributed by atoms with Crippen LogP contribution in [0.15, 0.2) is 71.5 Å². The number of ether oxygens (including phenoxy) is 2. The van der Waals surface area contributed by atoms with E-state index in [9.17, 15) is 31.9 Å². The van der Waals surface area contributed by atoms with Crippen LogP contribution in [0.4, 0.5) is 22.4 Å². The van der Waals surface area contributed by atoms with Crippen LogP contribution in [-0.2, 0) is 22.1 Å².